The van der Waals surface area contributed by atoms with E-state index in [1.807, 2.05) is 35.2 Å². The van der Waals surface area contributed by atoms with Gasteiger partial charge in [-0.3, -0.25) is 0 Å². The van der Waals surface area contributed by atoms with Gasteiger partial charge in [0, 0.05) is 25.7 Å². The Morgan fingerprint density at radius 3 is 2.76 bits per heavy atom. The van der Waals surface area contributed by atoms with E-state index >= 15 is 0 Å². The van der Waals surface area contributed by atoms with Gasteiger partial charge >= 0.3 is 6.03 Å². The minimum Gasteiger partial charge on any atom is -0.334 e. The molecule has 0 bridgehead atoms. The summed E-state index contributed by atoms with van der Waals surface area (Å²) in [4.78, 5) is 14.2. The zero-order valence-electron chi connectivity index (χ0n) is 13.1. The lowest BCUT2D eigenvalue weighted by atomic mass is 9.94. The van der Waals surface area contributed by atoms with Gasteiger partial charge in [0.25, 0.3) is 0 Å². The molecule has 0 saturated carbocycles. The van der Waals surface area contributed by atoms with Gasteiger partial charge in [-0.2, -0.15) is 0 Å². The van der Waals surface area contributed by atoms with Crippen molar-refractivity contribution in [3.8, 4) is 0 Å². The van der Waals surface area contributed by atoms with E-state index in [0.717, 1.165) is 38.0 Å². The lowest BCUT2D eigenvalue weighted by Crippen LogP contribution is -2.52. The lowest BCUT2D eigenvalue weighted by molar-refractivity contribution is 0.150. The van der Waals surface area contributed by atoms with Crippen LogP contribution in [-0.4, -0.2) is 36.6 Å². The summed E-state index contributed by atoms with van der Waals surface area (Å²) in [6, 6.07) is 10.6. The van der Waals surface area contributed by atoms with Gasteiger partial charge in [-0.25, -0.2) is 4.79 Å². The van der Waals surface area contributed by atoms with Crippen LogP contribution >= 0.6 is 0 Å². The topological polar surface area (TPSA) is 44.4 Å². The summed E-state index contributed by atoms with van der Waals surface area (Å²) in [5.41, 5.74) is 1.14. The number of nitrogens with one attached hydrogen (secondary N) is 2. The summed E-state index contributed by atoms with van der Waals surface area (Å²) in [5, 5.41) is 6.59. The van der Waals surface area contributed by atoms with Crippen LogP contribution in [0.3, 0.4) is 0 Å². The van der Waals surface area contributed by atoms with Crippen molar-refractivity contribution in [3.05, 3.63) is 35.9 Å². The molecule has 2 rings (SSSR count). The van der Waals surface area contributed by atoms with Crippen molar-refractivity contribution < 1.29 is 4.79 Å². The zero-order chi connectivity index (χ0) is 15.1. The first-order chi connectivity index (χ1) is 10.2. The fourth-order valence-corrected chi connectivity index (χ4v) is 2.85. The summed E-state index contributed by atoms with van der Waals surface area (Å²) < 4.78 is 0. The molecule has 1 heterocycles. The van der Waals surface area contributed by atoms with Gasteiger partial charge in [-0.15, -0.1) is 0 Å². The molecule has 1 aliphatic rings. The van der Waals surface area contributed by atoms with Crippen LogP contribution in [0.15, 0.2) is 30.3 Å². The Morgan fingerprint density at radius 1 is 1.33 bits per heavy atom. The van der Waals surface area contributed by atoms with Crippen LogP contribution < -0.4 is 10.6 Å². The molecule has 2 N–H and O–H groups in total. The average molecular weight is 289 g/mol. The number of carbonyl (C=O) groups excluding carboxylic acids is 1. The monoisotopic (exact) mass is 289 g/mol. The first-order valence-electron chi connectivity index (χ1n) is 8.00. The van der Waals surface area contributed by atoms with E-state index in [1.165, 1.54) is 0 Å². The van der Waals surface area contributed by atoms with E-state index in [-0.39, 0.29) is 6.03 Å². The molecule has 1 aromatic carbocycles. The van der Waals surface area contributed by atoms with Crippen LogP contribution in [0, 0.1) is 5.92 Å². The maximum Gasteiger partial charge on any atom is 0.317 e. The second kappa shape index (κ2) is 8.03. The van der Waals surface area contributed by atoms with Gasteiger partial charge in [0.1, 0.15) is 0 Å². The molecule has 1 saturated heterocycles. The number of carbonyl (C=O) groups is 1. The Labute approximate surface area is 127 Å². The summed E-state index contributed by atoms with van der Waals surface area (Å²) in [6.07, 6.45) is 2.20. The van der Waals surface area contributed by atoms with Crippen LogP contribution in [0.1, 0.15) is 32.3 Å². The van der Waals surface area contributed by atoms with E-state index in [1.54, 1.807) is 0 Å². The average Bonchev–Trinajstić information content (AvgIpc) is 2.52. The summed E-state index contributed by atoms with van der Waals surface area (Å²) >= 11 is 0. The van der Waals surface area contributed by atoms with E-state index in [4.69, 9.17) is 0 Å². The molecule has 1 aromatic rings. The number of urea groups is 1. The number of rotatable bonds is 5. The SMILES string of the molecule is CCCNC1CCN(C(=O)NCc2ccccc2)CC1C. The molecule has 2 amide bonds. The lowest BCUT2D eigenvalue weighted by Gasteiger charge is -2.37. The fourth-order valence-electron chi connectivity index (χ4n) is 2.85. The van der Waals surface area contributed by atoms with E-state index in [0.29, 0.717) is 18.5 Å². The van der Waals surface area contributed by atoms with Gasteiger partial charge in [-0.05, 0) is 30.9 Å². The van der Waals surface area contributed by atoms with Gasteiger partial charge in [0.15, 0.2) is 0 Å². The van der Waals surface area contributed by atoms with Crippen molar-refractivity contribution in [2.24, 2.45) is 5.92 Å². The second-order valence-corrected chi connectivity index (χ2v) is 5.92. The molecule has 2 atom stereocenters. The molecule has 0 aromatic heterocycles. The van der Waals surface area contributed by atoms with Crippen molar-refractivity contribution in [2.45, 2.75) is 39.3 Å². The molecule has 2 unspecified atom stereocenters. The number of likely N-dealkylation sites (tertiary alicyclic amines) is 1. The maximum absolute atomic E-state index is 12.2. The molecular weight excluding hydrogens is 262 g/mol. The van der Waals surface area contributed by atoms with Crippen molar-refractivity contribution >= 4 is 6.03 Å². The number of piperidine rings is 1. The molecule has 0 radical (unpaired) electrons. The van der Waals surface area contributed by atoms with Crippen molar-refractivity contribution in [2.75, 3.05) is 19.6 Å². The van der Waals surface area contributed by atoms with Crippen LogP contribution in [0.5, 0.6) is 0 Å². The maximum atomic E-state index is 12.2. The first-order valence-corrected chi connectivity index (χ1v) is 8.00. The zero-order valence-corrected chi connectivity index (χ0v) is 13.1. The third kappa shape index (κ3) is 4.74. The highest BCUT2D eigenvalue weighted by atomic mass is 16.2. The number of benzene rings is 1. The van der Waals surface area contributed by atoms with E-state index in [2.05, 4.69) is 24.5 Å². The van der Waals surface area contributed by atoms with E-state index < -0.39 is 0 Å². The molecule has 1 aliphatic heterocycles. The summed E-state index contributed by atoms with van der Waals surface area (Å²) in [7, 11) is 0. The van der Waals surface area contributed by atoms with Crippen molar-refractivity contribution in [1.82, 2.24) is 15.5 Å². The van der Waals surface area contributed by atoms with E-state index in [9.17, 15) is 4.79 Å². The highest BCUT2D eigenvalue weighted by molar-refractivity contribution is 5.74. The third-order valence-electron chi connectivity index (χ3n) is 4.14. The Bertz CT molecular complexity index is 435. The van der Waals surface area contributed by atoms with Gasteiger partial charge in [0.05, 0.1) is 0 Å². The Kier molecular flexibility index (Phi) is 6.05. The fraction of sp³-hybridized carbons (Fsp3) is 0.588. The minimum absolute atomic E-state index is 0.0552. The largest absolute Gasteiger partial charge is 0.334 e. The quantitative estimate of drug-likeness (QED) is 0.875. The van der Waals surface area contributed by atoms with Crippen molar-refractivity contribution in [3.63, 3.8) is 0 Å². The van der Waals surface area contributed by atoms with Crippen LogP contribution in [0.2, 0.25) is 0 Å². The van der Waals surface area contributed by atoms with Crippen molar-refractivity contribution in [1.29, 1.82) is 0 Å². The smallest absolute Gasteiger partial charge is 0.317 e. The van der Waals surface area contributed by atoms with Gasteiger partial charge in [-0.1, -0.05) is 44.2 Å². The third-order valence-corrected chi connectivity index (χ3v) is 4.14. The first kappa shape index (κ1) is 15.8. The minimum atomic E-state index is 0.0552. The molecule has 1 fully saturated rings. The molecular formula is C17H27N3O. The number of nitrogens with zero attached hydrogens (tertiary/aromatic N) is 1. The van der Waals surface area contributed by atoms with Gasteiger partial charge < -0.3 is 15.5 Å². The Balaban J connectivity index is 1.76. The predicted molar refractivity (Wildman–Crippen MR) is 86.1 cm³/mol. The van der Waals surface area contributed by atoms with Crippen LogP contribution in [0.4, 0.5) is 4.79 Å². The van der Waals surface area contributed by atoms with Crippen LogP contribution in [-0.2, 0) is 6.54 Å². The van der Waals surface area contributed by atoms with Crippen LogP contribution in [0.25, 0.3) is 0 Å². The normalized spacial score (nSPS) is 22.1. The highest BCUT2D eigenvalue weighted by Crippen LogP contribution is 2.17. The highest BCUT2D eigenvalue weighted by Gasteiger charge is 2.27. The predicted octanol–water partition coefficient (Wildman–Crippen LogP) is 2.61. The molecule has 4 heteroatoms. The second-order valence-electron chi connectivity index (χ2n) is 5.92. The molecule has 4 nitrogen and oxygen atoms in total. The Morgan fingerprint density at radius 2 is 2.10 bits per heavy atom. The summed E-state index contributed by atoms with van der Waals surface area (Å²) in [6.45, 7) is 7.75. The Hall–Kier alpha value is -1.55. The standard InChI is InChI=1S/C17H27N3O/c1-3-10-18-16-9-11-20(13-14(16)2)17(21)19-12-15-7-5-4-6-8-15/h4-8,14,16,18H,3,9-13H2,1-2H3,(H,19,21). The van der Waals surface area contributed by atoms with Gasteiger partial charge in [0.2, 0.25) is 0 Å². The number of amides is 2. The molecule has 0 aliphatic carbocycles. The molecule has 116 valence electrons. The molecule has 0 spiro atoms. The molecule has 21 heavy (non-hydrogen) atoms. The number of hydrogen-bond donors (Lipinski definition) is 2. The number of hydrogen-bond acceptors (Lipinski definition) is 2. The summed E-state index contributed by atoms with van der Waals surface area (Å²) in [5.74, 6) is 0.507.